The quantitative estimate of drug-likeness (QED) is 0.741. The van der Waals surface area contributed by atoms with Gasteiger partial charge < -0.3 is 10.6 Å². The van der Waals surface area contributed by atoms with E-state index in [0.29, 0.717) is 5.41 Å². The van der Waals surface area contributed by atoms with E-state index in [1.54, 1.807) is 11.3 Å². The topological polar surface area (TPSA) is 37.0 Å². The van der Waals surface area contributed by atoms with Crippen LogP contribution in [0.2, 0.25) is 0 Å². The van der Waals surface area contributed by atoms with Gasteiger partial charge in [0.15, 0.2) is 0 Å². The van der Waals surface area contributed by atoms with Crippen molar-refractivity contribution in [1.82, 2.24) is 15.6 Å². The Labute approximate surface area is 102 Å². The van der Waals surface area contributed by atoms with Gasteiger partial charge in [0, 0.05) is 37.6 Å². The van der Waals surface area contributed by atoms with Crippen LogP contribution in [0.1, 0.15) is 24.8 Å². The molecule has 1 aromatic rings. The molecule has 0 spiro atoms. The van der Waals surface area contributed by atoms with Gasteiger partial charge in [-0.1, -0.05) is 6.92 Å². The largest absolute Gasteiger partial charge is 0.316 e. The first-order valence-corrected chi connectivity index (χ1v) is 7.02. The first-order chi connectivity index (χ1) is 7.85. The molecule has 1 atom stereocenters. The number of hydrogen-bond acceptors (Lipinski definition) is 4. The molecule has 0 bridgehead atoms. The van der Waals surface area contributed by atoms with Gasteiger partial charge in [0.2, 0.25) is 0 Å². The van der Waals surface area contributed by atoms with Crippen LogP contribution in [0.25, 0.3) is 0 Å². The van der Waals surface area contributed by atoms with Crippen LogP contribution in [0.15, 0.2) is 11.6 Å². The Kier molecular flexibility index (Phi) is 4.32. The summed E-state index contributed by atoms with van der Waals surface area (Å²) in [7, 11) is 0. The van der Waals surface area contributed by atoms with Crippen molar-refractivity contribution in [2.75, 3.05) is 26.2 Å². The molecule has 1 fully saturated rings. The number of hydrogen-bond donors (Lipinski definition) is 2. The van der Waals surface area contributed by atoms with E-state index in [9.17, 15) is 0 Å². The minimum absolute atomic E-state index is 0.503. The lowest BCUT2D eigenvalue weighted by atomic mass is 9.84. The van der Waals surface area contributed by atoms with E-state index in [2.05, 4.69) is 22.5 Å². The van der Waals surface area contributed by atoms with Crippen LogP contribution in [0.5, 0.6) is 0 Å². The predicted molar refractivity (Wildman–Crippen MR) is 68.9 cm³/mol. The lowest BCUT2D eigenvalue weighted by molar-refractivity contribution is 0.293. The summed E-state index contributed by atoms with van der Waals surface area (Å²) in [6.07, 6.45) is 5.53. The van der Waals surface area contributed by atoms with E-state index in [4.69, 9.17) is 0 Å². The van der Waals surface area contributed by atoms with Gasteiger partial charge in [-0.15, -0.1) is 11.3 Å². The molecule has 4 heteroatoms. The predicted octanol–water partition coefficient (Wildman–Crippen LogP) is 1.66. The molecular weight excluding hydrogens is 218 g/mol. The smallest absolute Gasteiger partial charge is 0.0937 e. The first-order valence-electron chi connectivity index (χ1n) is 6.14. The van der Waals surface area contributed by atoms with E-state index < -0.39 is 0 Å². The van der Waals surface area contributed by atoms with Crippen LogP contribution in [-0.2, 0) is 6.42 Å². The molecular formula is C12H21N3S. The second-order valence-corrected chi connectivity index (χ2v) is 5.61. The molecule has 2 heterocycles. The maximum absolute atomic E-state index is 4.29. The van der Waals surface area contributed by atoms with Crippen molar-refractivity contribution >= 4 is 11.3 Å². The van der Waals surface area contributed by atoms with Crippen molar-refractivity contribution in [2.24, 2.45) is 5.41 Å². The highest BCUT2D eigenvalue weighted by Gasteiger charge is 2.31. The van der Waals surface area contributed by atoms with Crippen molar-refractivity contribution in [3.63, 3.8) is 0 Å². The fourth-order valence-corrected chi connectivity index (χ4v) is 2.92. The van der Waals surface area contributed by atoms with Crippen molar-refractivity contribution in [3.05, 3.63) is 16.6 Å². The van der Waals surface area contributed by atoms with Gasteiger partial charge >= 0.3 is 0 Å². The second-order valence-electron chi connectivity index (χ2n) is 4.63. The average molecular weight is 239 g/mol. The molecule has 0 aromatic carbocycles. The monoisotopic (exact) mass is 239 g/mol. The third-order valence-corrected chi connectivity index (χ3v) is 4.42. The molecule has 2 rings (SSSR count). The van der Waals surface area contributed by atoms with Crippen LogP contribution in [0.3, 0.4) is 0 Å². The number of nitrogens with one attached hydrogen (secondary N) is 2. The molecule has 1 unspecified atom stereocenters. The van der Waals surface area contributed by atoms with Crippen molar-refractivity contribution in [1.29, 1.82) is 0 Å². The molecule has 0 amide bonds. The van der Waals surface area contributed by atoms with Crippen LogP contribution in [0, 0.1) is 5.41 Å². The maximum Gasteiger partial charge on any atom is 0.0937 e. The zero-order chi connectivity index (χ0) is 11.3. The van der Waals surface area contributed by atoms with Gasteiger partial charge in [0.25, 0.3) is 0 Å². The summed E-state index contributed by atoms with van der Waals surface area (Å²) < 4.78 is 0. The van der Waals surface area contributed by atoms with E-state index >= 15 is 0 Å². The second kappa shape index (κ2) is 5.75. The highest BCUT2D eigenvalue weighted by Crippen LogP contribution is 2.28. The van der Waals surface area contributed by atoms with Crippen LogP contribution in [-0.4, -0.2) is 31.2 Å². The molecule has 0 saturated carbocycles. The zero-order valence-electron chi connectivity index (χ0n) is 9.96. The molecule has 90 valence electrons. The third-order valence-electron chi connectivity index (χ3n) is 3.58. The summed E-state index contributed by atoms with van der Waals surface area (Å²) in [6.45, 7) is 6.85. The fourth-order valence-electron chi connectivity index (χ4n) is 2.30. The normalized spacial score (nSPS) is 25.1. The molecule has 1 aliphatic heterocycles. The first kappa shape index (κ1) is 12.0. The van der Waals surface area contributed by atoms with Gasteiger partial charge in [-0.3, -0.25) is 0 Å². The molecule has 16 heavy (non-hydrogen) atoms. The standard InChI is InChI=1S/C12H21N3S/c1-2-12(4-6-14-10-12)9-13-5-3-11-15-7-8-16-11/h7-8,13-14H,2-6,9-10H2,1H3. The van der Waals surface area contributed by atoms with Crippen LogP contribution < -0.4 is 10.6 Å². The van der Waals surface area contributed by atoms with Gasteiger partial charge in [-0.25, -0.2) is 4.98 Å². The summed E-state index contributed by atoms with van der Waals surface area (Å²) in [4.78, 5) is 4.29. The summed E-state index contributed by atoms with van der Waals surface area (Å²) >= 11 is 1.75. The number of nitrogens with zero attached hydrogens (tertiary/aromatic N) is 1. The Morgan fingerprint density at radius 3 is 3.19 bits per heavy atom. The fraction of sp³-hybridized carbons (Fsp3) is 0.750. The number of thiazole rings is 1. The van der Waals surface area contributed by atoms with E-state index in [1.165, 1.54) is 30.9 Å². The maximum atomic E-state index is 4.29. The van der Waals surface area contributed by atoms with Gasteiger partial charge in [-0.2, -0.15) is 0 Å². The van der Waals surface area contributed by atoms with Gasteiger partial charge in [-0.05, 0) is 24.8 Å². The Morgan fingerprint density at radius 2 is 2.56 bits per heavy atom. The molecule has 1 aromatic heterocycles. The van der Waals surface area contributed by atoms with Crippen molar-refractivity contribution < 1.29 is 0 Å². The highest BCUT2D eigenvalue weighted by molar-refractivity contribution is 7.09. The van der Waals surface area contributed by atoms with E-state index in [0.717, 1.165) is 19.5 Å². The zero-order valence-corrected chi connectivity index (χ0v) is 10.8. The van der Waals surface area contributed by atoms with E-state index in [1.807, 2.05) is 11.6 Å². The Hall–Kier alpha value is -0.450. The molecule has 1 aliphatic rings. The van der Waals surface area contributed by atoms with Gasteiger partial charge in [0.1, 0.15) is 0 Å². The average Bonchev–Trinajstić information content (AvgIpc) is 2.97. The van der Waals surface area contributed by atoms with Crippen molar-refractivity contribution in [3.8, 4) is 0 Å². The third kappa shape index (κ3) is 3.03. The SMILES string of the molecule is CCC1(CNCCc2nccs2)CCNC1. The molecule has 2 N–H and O–H groups in total. The molecule has 0 radical (unpaired) electrons. The molecule has 0 aliphatic carbocycles. The summed E-state index contributed by atoms with van der Waals surface area (Å²) in [5, 5.41) is 10.3. The van der Waals surface area contributed by atoms with Crippen LogP contribution >= 0.6 is 11.3 Å². The van der Waals surface area contributed by atoms with Crippen molar-refractivity contribution in [2.45, 2.75) is 26.2 Å². The number of aromatic nitrogens is 1. The molecule has 1 saturated heterocycles. The number of rotatable bonds is 6. The van der Waals surface area contributed by atoms with Gasteiger partial charge in [0.05, 0.1) is 5.01 Å². The lowest BCUT2D eigenvalue weighted by Gasteiger charge is -2.26. The Bertz CT molecular complexity index is 291. The summed E-state index contributed by atoms with van der Waals surface area (Å²) in [6, 6.07) is 0. The highest BCUT2D eigenvalue weighted by atomic mass is 32.1. The summed E-state index contributed by atoms with van der Waals surface area (Å²) in [5.74, 6) is 0. The Balaban J connectivity index is 1.67. The summed E-state index contributed by atoms with van der Waals surface area (Å²) in [5.41, 5.74) is 0.503. The lowest BCUT2D eigenvalue weighted by Crippen LogP contribution is -2.36. The van der Waals surface area contributed by atoms with Crippen LogP contribution in [0.4, 0.5) is 0 Å². The minimum Gasteiger partial charge on any atom is -0.316 e. The minimum atomic E-state index is 0.503. The molecule has 3 nitrogen and oxygen atoms in total. The van der Waals surface area contributed by atoms with E-state index in [-0.39, 0.29) is 0 Å². The Morgan fingerprint density at radius 1 is 1.62 bits per heavy atom.